The Morgan fingerprint density at radius 3 is 2.00 bits per heavy atom. The maximum Gasteiger partial charge on any atom is 0.361 e. The number of carbonyl (C=O) groups excluding carboxylic acids is 2. The smallest absolute Gasteiger partial charge is 0.361 e. The van der Waals surface area contributed by atoms with Crippen LogP contribution in [0, 0.1) is 0 Å². The summed E-state index contributed by atoms with van der Waals surface area (Å²) in [7, 11) is 0. The average Bonchev–Trinajstić information content (AvgIpc) is 2.38. The molecule has 0 fully saturated rings. The van der Waals surface area contributed by atoms with Crippen LogP contribution in [0.4, 0.5) is 0 Å². The van der Waals surface area contributed by atoms with Crippen LogP contribution in [0.15, 0.2) is 0 Å². The van der Waals surface area contributed by atoms with E-state index >= 15 is 0 Å². The van der Waals surface area contributed by atoms with Crippen molar-refractivity contribution in [3.8, 4) is 0 Å². The number of ether oxygens (including phenoxy) is 2. The number of rotatable bonds is 5. The molecule has 0 bridgehead atoms. The average molecular weight is 267 g/mol. The Bertz CT molecular complexity index is 474. The summed E-state index contributed by atoms with van der Waals surface area (Å²) >= 11 is 0. The lowest BCUT2D eigenvalue weighted by Gasteiger charge is -2.08. The van der Waals surface area contributed by atoms with Gasteiger partial charge >= 0.3 is 11.9 Å². The molecule has 1 heterocycles. The monoisotopic (exact) mass is 267 g/mol. The van der Waals surface area contributed by atoms with Crippen LogP contribution in [-0.4, -0.2) is 40.3 Å². The van der Waals surface area contributed by atoms with E-state index in [9.17, 15) is 9.59 Å². The Morgan fingerprint density at radius 2 is 1.53 bits per heavy atom. The van der Waals surface area contributed by atoms with Gasteiger partial charge in [0.25, 0.3) is 0 Å². The second-order valence-corrected chi connectivity index (χ2v) is 3.96. The van der Waals surface area contributed by atoms with E-state index in [2.05, 4.69) is 15.2 Å². The van der Waals surface area contributed by atoms with Crippen LogP contribution in [0.1, 0.15) is 60.4 Å². The molecule has 1 aromatic heterocycles. The molecule has 7 heteroatoms. The summed E-state index contributed by atoms with van der Waals surface area (Å²) in [4.78, 5) is 27.5. The molecule has 0 aromatic carbocycles. The normalized spacial score (nSPS) is 10.4. The maximum atomic E-state index is 11.8. The molecule has 0 aliphatic heterocycles. The zero-order chi connectivity index (χ0) is 14.4. The van der Waals surface area contributed by atoms with Crippen LogP contribution in [0.5, 0.6) is 0 Å². The largest absolute Gasteiger partial charge is 0.461 e. The molecule has 0 spiro atoms. The second-order valence-electron chi connectivity index (χ2n) is 3.96. The summed E-state index contributed by atoms with van der Waals surface area (Å²) in [6.07, 6.45) is 0. The van der Waals surface area contributed by atoms with Crippen molar-refractivity contribution in [1.29, 1.82) is 0 Å². The van der Waals surface area contributed by atoms with Gasteiger partial charge in [0.2, 0.25) is 5.69 Å². The highest BCUT2D eigenvalue weighted by Gasteiger charge is 2.25. The van der Waals surface area contributed by atoms with Crippen LogP contribution >= 0.6 is 0 Å². The lowest BCUT2D eigenvalue weighted by Crippen LogP contribution is -2.20. The molecule has 0 atom stereocenters. The fourth-order valence-corrected chi connectivity index (χ4v) is 1.26. The lowest BCUT2D eigenvalue weighted by molar-refractivity contribution is 0.0465. The number of hydrogen-bond donors (Lipinski definition) is 0. The van der Waals surface area contributed by atoms with Crippen molar-refractivity contribution in [2.75, 3.05) is 13.2 Å². The highest BCUT2D eigenvalue weighted by molar-refractivity contribution is 6.00. The number of carbonyl (C=O) groups is 2. The minimum absolute atomic E-state index is 0.0167. The van der Waals surface area contributed by atoms with Gasteiger partial charge in [-0.15, -0.1) is 10.2 Å². The zero-order valence-electron chi connectivity index (χ0n) is 11.5. The molecule has 104 valence electrons. The molecule has 0 saturated carbocycles. The van der Waals surface area contributed by atoms with Crippen molar-refractivity contribution in [3.05, 3.63) is 17.2 Å². The molecule has 19 heavy (non-hydrogen) atoms. The van der Waals surface area contributed by atoms with Crippen LogP contribution in [0.3, 0.4) is 0 Å². The van der Waals surface area contributed by atoms with E-state index in [1.54, 1.807) is 13.8 Å². The molecular formula is C12H17N3O4. The third-order valence-electron chi connectivity index (χ3n) is 2.16. The molecular weight excluding hydrogens is 250 g/mol. The molecule has 0 saturated heterocycles. The van der Waals surface area contributed by atoms with E-state index in [1.165, 1.54) is 0 Å². The molecule has 0 aliphatic carbocycles. The van der Waals surface area contributed by atoms with Gasteiger partial charge in [-0.1, -0.05) is 13.8 Å². The maximum absolute atomic E-state index is 11.8. The molecule has 1 rings (SSSR count). The summed E-state index contributed by atoms with van der Waals surface area (Å²) in [5.74, 6) is -1.09. The first-order chi connectivity index (χ1) is 9.01. The Balaban J connectivity index is 3.22. The summed E-state index contributed by atoms with van der Waals surface area (Å²) in [5, 5.41) is 7.55. The minimum atomic E-state index is -0.735. The van der Waals surface area contributed by atoms with E-state index in [4.69, 9.17) is 9.47 Å². The van der Waals surface area contributed by atoms with E-state index < -0.39 is 11.9 Å². The molecule has 0 aliphatic rings. The first kappa shape index (κ1) is 15.0. The topological polar surface area (TPSA) is 91.3 Å². The number of nitrogens with zero attached hydrogens (tertiary/aromatic N) is 3. The predicted octanol–water partition coefficient (Wildman–Crippen LogP) is 1.35. The standard InChI is InChI=1S/C12H17N3O4/c1-5-18-11(16)8-9(12(17)19-6-2)14-15-10(13-8)7(3)4/h7H,5-6H2,1-4H3. The Labute approximate surface area is 111 Å². The van der Waals surface area contributed by atoms with Gasteiger partial charge in [-0.05, 0) is 13.8 Å². The van der Waals surface area contributed by atoms with Crippen molar-refractivity contribution >= 4 is 11.9 Å². The summed E-state index contributed by atoms with van der Waals surface area (Å²) in [6.45, 7) is 7.40. The fourth-order valence-electron chi connectivity index (χ4n) is 1.26. The van der Waals surface area contributed by atoms with E-state index in [0.29, 0.717) is 5.82 Å². The highest BCUT2D eigenvalue weighted by atomic mass is 16.5. The van der Waals surface area contributed by atoms with Crippen molar-refractivity contribution in [1.82, 2.24) is 15.2 Å². The number of hydrogen-bond acceptors (Lipinski definition) is 7. The highest BCUT2D eigenvalue weighted by Crippen LogP contribution is 2.12. The van der Waals surface area contributed by atoms with Crippen LogP contribution < -0.4 is 0 Å². The predicted molar refractivity (Wildman–Crippen MR) is 65.8 cm³/mol. The van der Waals surface area contributed by atoms with Crippen molar-refractivity contribution in [2.24, 2.45) is 0 Å². The number of esters is 2. The molecule has 0 radical (unpaired) electrons. The summed E-state index contributed by atoms with van der Waals surface area (Å²) in [6, 6.07) is 0. The van der Waals surface area contributed by atoms with E-state index in [0.717, 1.165) is 0 Å². The molecule has 0 unspecified atom stereocenters. The molecule has 0 N–H and O–H groups in total. The van der Waals surface area contributed by atoms with Gasteiger partial charge in [0, 0.05) is 5.92 Å². The van der Waals surface area contributed by atoms with Gasteiger partial charge < -0.3 is 9.47 Å². The van der Waals surface area contributed by atoms with Crippen molar-refractivity contribution < 1.29 is 19.1 Å². The molecule has 1 aromatic rings. The van der Waals surface area contributed by atoms with Crippen LogP contribution in [0.25, 0.3) is 0 Å². The fraction of sp³-hybridized carbons (Fsp3) is 0.583. The van der Waals surface area contributed by atoms with Gasteiger partial charge in [0.15, 0.2) is 11.5 Å². The van der Waals surface area contributed by atoms with E-state index in [-0.39, 0.29) is 30.5 Å². The Kier molecular flexibility index (Phi) is 5.35. The van der Waals surface area contributed by atoms with Gasteiger partial charge in [-0.2, -0.15) is 0 Å². The van der Waals surface area contributed by atoms with Gasteiger partial charge in [0.05, 0.1) is 13.2 Å². The third kappa shape index (κ3) is 3.70. The van der Waals surface area contributed by atoms with Crippen molar-refractivity contribution in [3.63, 3.8) is 0 Å². The zero-order valence-corrected chi connectivity index (χ0v) is 11.5. The third-order valence-corrected chi connectivity index (χ3v) is 2.16. The van der Waals surface area contributed by atoms with Gasteiger partial charge in [-0.25, -0.2) is 14.6 Å². The Hall–Kier alpha value is -2.05. The summed E-state index contributed by atoms with van der Waals surface area (Å²) < 4.78 is 9.66. The quantitative estimate of drug-likeness (QED) is 0.743. The first-order valence-corrected chi connectivity index (χ1v) is 6.10. The van der Waals surface area contributed by atoms with Crippen LogP contribution in [0.2, 0.25) is 0 Å². The Morgan fingerprint density at radius 1 is 1.00 bits per heavy atom. The van der Waals surface area contributed by atoms with Gasteiger partial charge in [-0.3, -0.25) is 0 Å². The van der Waals surface area contributed by atoms with Crippen LogP contribution in [-0.2, 0) is 9.47 Å². The lowest BCUT2D eigenvalue weighted by atomic mass is 10.2. The second kappa shape index (κ2) is 6.77. The minimum Gasteiger partial charge on any atom is -0.461 e. The van der Waals surface area contributed by atoms with E-state index in [1.807, 2.05) is 13.8 Å². The molecule has 0 amide bonds. The SMILES string of the molecule is CCOC(=O)c1nnc(C(C)C)nc1C(=O)OCC. The molecule has 7 nitrogen and oxygen atoms in total. The number of aromatic nitrogens is 3. The summed E-state index contributed by atoms with van der Waals surface area (Å²) in [5.41, 5.74) is -0.372. The van der Waals surface area contributed by atoms with Gasteiger partial charge in [0.1, 0.15) is 0 Å². The van der Waals surface area contributed by atoms with Crippen molar-refractivity contribution in [2.45, 2.75) is 33.6 Å². The first-order valence-electron chi connectivity index (χ1n) is 6.10.